The van der Waals surface area contributed by atoms with Crippen LogP contribution in [0, 0.1) is 5.82 Å². The monoisotopic (exact) mass is 386 g/mol. The van der Waals surface area contributed by atoms with E-state index in [1.807, 2.05) is 61.7 Å². The number of halogens is 1. The van der Waals surface area contributed by atoms with Crippen LogP contribution < -0.4 is 4.74 Å². The number of pyridine rings is 1. The minimum Gasteiger partial charge on any atom is -0.493 e. The second kappa shape index (κ2) is 8.82. The van der Waals surface area contributed by atoms with Crippen LogP contribution in [0.2, 0.25) is 0 Å². The van der Waals surface area contributed by atoms with Crippen molar-refractivity contribution in [3.05, 3.63) is 89.5 Å². The molecule has 4 heteroatoms. The number of ether oxygens (including phenoxy) is 1. The lowest BCUT2D eigenvalue weighted by Crippen LogP contribution is -2.11. The molecule has 0 bridgehead atoms. The van der Waals surface area contributed by atoms with E-state index in [0.29, 0.717) is 17.9 Å². The first-order valence-corrected chi connectivity index (χ1v) is 9.94. The number of allylic oxidation sites excluding steroid dienone is 1. The highest BCUT2D eigenvalue weighted by Gasteiger charge is 2.15. The molecule has 1 aliphatic rings. The number of aliphatic imine (C=N–C) groups is 1. The topological polar surface area (TPSA) is 34.5 Å². The predicted octanol–water partition coefficient (Wildman–Crippen LogP) is 5.95. The Bertz CT molecular complexity index is 1060. The average molecular weight is 386 g/mol. The molecule has 0 aliphatic carbocycles. The van der Waals surface area contributed by atoms with Crippen molar-refractivity contribution in [3.63, 3.8) is 0 Å². The highest BCUT2D eigenvalue weighted by molar-refractivity contribution is 6.15. The fourth-order valence-electron chi connectivity index (χ4n) is 3.61. The molecule has 0 N–H and O–H groups in total. The van der Waals surface area contributed by atoms with E-state index in [-0.39, 0.29) is 5.82 Å². The van der Waals surface area contributed by atoms with Crippen molar-refractivity contribution in [1.29, 1.82) is 0 Å². The van der Waals surface area contributed by atoms with Gasteiger partial charge < -0.3 is 4.74 Å². The standard InChI is InChI=1S/C25H23FN2O/c1-2-29-24-10-4-3-9-21(24)22-16-18(11-12-23(22)26)15-19-7-6-14-28-25(19)20-8-5-13-27-17-20/h3-5,8-13,15-17H,2,6-7,14H2,1H3. The van der Waals surface area contributed by atoms with Gasteiger partial charge in [0, 0.05) is 35.6 Å². The molecule has 0 radical (unpaired) electrons. The van der Waals surface area contributed by atoms with E-state index in [0.717, 1.165) is 47.4 Å². The zero-order valence-corrected chi connectivity index (χ0v) is 16.4. The Morgan fingerprint density at radius 2 is 1.97 bits per heavy atom. The molecule has 3 aromatic rings. The first-order chi connectivity index (χ1) is 14.3. The Kier molecular flexibility index (Phi) is 5.80. The fraction of sp³-hybridized carbons (Fsp3) is 0.200. The van der Waals surface area contributed by atoms with E-state index >= 15 is 0 Å². The molecule has 0 atom stereocenters. The predicted molar refractivity (Wildman–Crippen MR) is 116 cm³/mol. The molecule has 3 nitrogen and oxygen atoms in total. The molecule has 1 aliphatic heterocycles. The quantitative estimate of drug-likeness (QED) is 0.543. The molecule has 1 aromatic heterocycles. The van der Waals surface area contributed by atoms with E-state index in [2.05, 4.69) is 11.1 Å². The number of nitrogens with zero attached hydrogens (tertiary/aromatic N) is 2. The van der Waals surface area contributed by atoms with Gasteiger partial charge in [-0.15, -0.1) is 0 Å². The second-order valence-electron chi connectivity index (χ2n) is 6.91. The first-order valence-electron chi connectivity index (χ1n) is 9.94. The summed E-state index contributed by atoms with van der Waals surface area (Å²) in [6.45, 7) is 3.28. The van der Waals surface area contributed by atoms with E-state index < -0.39 is 0 Å². The van der Waals surface area contributed by atoms with Crippen LogP contribution >= 0.6 is 0 Å². The third-order valence-electron chi connectivity index (χ3n) is 4.92. The summed E-state index contributed by atoms with van der Waals surface area (Å²) >= 11 is 0. The molecule has 0 unspecified atom stereocenters. The lowest BCUT2D eigenvalue weighted by molar-refractivity contribution is 0.341. The van der Waals surface area contributed by atoms with Gasteiger partial charge in [0.05, 0.1) is 12.3 Å². The fourth-order valence-corrected chi connectivity index (χ4v) is 3.61. The maximum Gasteiger partial charge on any atom is 0.131 e. The maximum absolute atomic E-state index is 14.7. The Balaban J connectivity index is 1.74. The lowest BCUT2D eigenvalue weighted by atomic mass is 9.94. The summed E-state index contributed by atoms with van der Waals surface area (Å²) in [5.74, 6) is 0.429. The summed E-state index contributed by atoms with van der Waals surface area (Å²) in [4.78, 5) is 8.95. The van der Waals surface area contributed by atoms with Gasteiger partial charge in [-0.3, -0.25) is 9.98 Å². The third-order valence-corrected chi connectivity index (χ3v) is 4.92. The van der Waals surface area contributed by atoms with Crippen molar-refractivity contribution in [2.24, 2.45) is 4.99 Å². The van der Waals surface area contributed by atoms with E-state index in [1.54, 1.807) is 6.20 Å². The number of benzene rings is 2. The van der Waals surface area contributed by atoms with Gasteiger partial charge in [0.25, 0.3) is 0 Å². The molecule has 0 saturated heterocycles. The van der Waals surface area contributed by atoms with E-state index in [1.165, 1.54) is 6.07 Å². The van der Waals surface area contributed by atoms with Crippen LogP contribution in [0.3, 0.4) is 0 Å². The summed E-state index contributed by atoms with van der Waals surface area (Å²) in [7, 11) is 0. The van der Waals surface area contributed by atoms with Crippen LogP contribution in [-0.4, -0.2) is 23.8 Å². The summed E-state index contributed by atoms with van der Waals surface area (Å²) in [6.07, 6.45) is 7.66. The van der Waals surface area contributed by atoms with Crippen LogP contribution in [0.1, 0.15) is 30.9 Å². The lowest BCUT2D eigenvalue weighted by Gasteiger charge is -2.17. The molecule has 29 heavy (non-hydrogen) atoms. The summed E-state index contributed by atoms with van der Waals surface area (Å²) in [5.41, 5.74) is 5.39. The maximum atomic E-state index is 14.7. The molecule has 0 spiro atoms. The van der Waals surface area contributed by atoms with Gasteiger partial charge in [0.1, 0.15) is 11.6 Å². The van der Waals surface area contributed by atoms with Gasteiger partial charge in [-0.1, -0.05) is 24.3 Å². The third kappa shape index (κ3) is 4.27. The van der Waals surface area contributed by atoms with Crippen LogP contribution in [0.15, 0.2) is 77.6 Å². The highest BCUT2D eigenvalue weighted by Crippen LogP contribution is 2.33. The molecule has 4 rings (SSSR count). The van der Waals surface area contributed by atoms with Gasteiger partial charge in [0.15, 0.2) is 0 Å². The average Bonchev–Trinajstić information content (AvgIpc) is 2.77. The van der Waals surface area contributed by atoms with Gasteiger partial charge >= 0.3 is 0 Å². The van der Waals surface area contributed by atoms with Crippen molar-refractivity contribution in [3.8, 4) is 16.9 Å². The number of rotatable bonds is 5. The van der Waals surface area contributed by atoms with Crippen LogP contribution in [0.25, 0.3) is 17.2 Å². The Labute approximate surface area is 170 Å². The van der Waals surface area contributed by atoms with E-state index in [4.69, 9.17) is 9.73 Å². The van der Waals surface area contributed by atoms with Crippen molar-refractivity contribution < 1.29 is 9.13 Å². The molecule has 2 aromatic carbocycles. The molecular formula is C25H23FN2O. The summed E-state index contributed by atoms with van der Waals surface area (Å²) in [6, 6.07) is 16.7. The smallest absolute Gasteiger partial charge is 0.131 e. The van der Waals surface area contributed by atoms with Crippen LogP contribution in [-0.2, 0) is 0 Å². The van der Waals surface area contributed by atoms with Crippen LogP contribution in [0.4, 0.5) is 4.39 Å². The molecule has 0 fully saturated rings. The zero-order valence-electron chi connectivity index (χ0n) is 16.4. The first kappa shape index (κ1) is 19.1. The van der Waals surface area contributed by atoms with Crippen molar-refractivity contribution in [2.75, 3.05) is 13.2 Å². The van der Waals surface area contributed by atoms with E-state index in [9.17, 15) is 4.39 Å². The van der Waals surface area contributed by atoms with Gasteiger partial charge in [-0.25, -0.2) is 4.39 Å². The zero-order chi connectivity index (χ0) is 20.1. The molecular weight excluding hydrogens is 363 g/mol. The molecule has 0 amide bonds. The normalized spacial score (nSPS) is 15.2. The highest BCUT2D eigenvalue weighted by atomic mass is 19.1. The minimum absolute atomic E-state index is 0.260. The largest absolute Gasteiger partial charge is 0.493 e. The van der Waals surface area contributed by atoms with Crippen LogP contribution in [0.5, 0.6) is 5.75 Å². The Hall–Kier alpha value is -3.27. The SMILES string of the molecule is CCOc1ccccc1-c1cc(C=C2CCCN=C2c2cccnc2)ccc1F. The van der Waals surface area contributed by atoms with Crippen molar-refractivity contribution in [2.45, 2.75) is 19.8 Å². The summed E-state index contributed by atoms with van der Waals surface area (Å²) in [5, 5.41) is 0. The Morgan fingerprint density at radius 1 is 1.07 bits per heavy atom. The molecule has 0 saturated carbocycles. The summed E-state index contributed by atoms with van der Waals surface area (Å²) < 4.78 is 20.4. The van der Waals surface area contributed by atoms with Gasteiger partial charge in [-0.05, 0) is 67.3 Å². The van der Waals surface area contributed by atoms with Crippen molar-refractivity contribution >= 4 is 11.8 Å². The van der Waals surface area contributed by atoms with Gasteiger partial charge in [0.2, 0.25) is 0 Å². The molecule has 146 valence electrons. The number of hydrogen-bond donors (Lipinski definition) is 0. The number of para-hydroxylation sites is 1. The number of hydrogen-bond acceptors (Lipinski definition) is 3. The second-order valence-corrected chi connectivity index (χ2v) is 6.91. The Morgan fingerprint density at radius 3 is 2.79 bits per heavy atom. The minimum atomic E-state index is -0.260. The van der Waals surface area contributed by atoms with Crippen molar-refractivity contribution in [1.82, 2.24) is 4.98 Å². The number of aromatic nitrogens is 1. The van der Waals surface area contributed by atoms with Gasteiger partial charge in [-0.2, -0.15) is 0 Å². The molecule has 2 heterocycles.